The summed E-state index contributed by atoms with van der Waals surface area (Å²) in [5.74, 6) is -0.928. The Morgan fingerprint density at radius 1 is 1.26 bits per heavy atom. The molecular weight excluding hydrogens is 344 g/mol. The number of rotatable bonds is 3. The summed E-state index contributed by atoms with van der Waals surface area (Å²) in [6.45, 7) is -0.243. The fourth-order valence-corrected chi connectivity index (χ4v) is 2.57. The number of H-pyrrole nitrogens is 1. The van der Waals surface area contributed by atoms with Crippen molar-refractivity contribution in [3.05, 3.63) is 62.7 Å². The van der Waals surface area contributed by atoms with Crippen LogP contribution >= 0.6 is 23.2 Å². The SMILES string of the molecule is O=C(Cn1c(=O)[nH]c2cc(F)ccc21)Nc1cccc(Cl)c1Cl. The topological polar surface area (TPSA) is 66.9 Å². The van der Waals surface area contributed by atoms with E-state index < -0.39 is 17.4 Å². The van der Waals surface area contributed by atoms with Crippen molar-refractivity contribution in [1.29, 1.82) is 0 Å². The Labute approximate surface area is 139 Å². The summed E-state index contributed by atoms with van der Waals surface area (Å²) < 4.78 is 14.4. The summed E-state index contributed by atoms with van der Waals surface area (Å²) >= 11 is 11.9. The molecule has 0 spiro atoms. The molecule has 0 radical (unpaired) electrons. The molecular formula is C15H10Cl2FN3O2. The van der Waals surface area contributed by atoms with Crippen LogP contribution in [0.15, 0.2) is 41.2 Å². The third-order valence-electron chi connectivity index (χ3n) is 3.26. The highest BCUT2D eigenvalue weighted by Gasteiger charge is 2.13. The van der Waals surface area contributed by atoms with E-state index >= 15 is 0 Å². The monoisotopic (exact) mass is 353 g/mol. The van der Waals surface area contributed by atoms with Crippen molar-refractivity contribution in [2.24, 2.45) is 0 Å². The first kappa shape index (κ1) is 15.6. The van der Waals surface area contributed by atoms with E-state index in [1.165, 1.54) is 22.8 Å². The summed E-state index contributed by atoms with van der Waals surface area (Å²) in [6, 6.07) is 8.68. The van der Waals surface area contributed by atoms with E-state index in [1.807, 2.05) is 0 Å². The zero-order valence-corrected chi connectivity index (χ0v) is 13.1. The molecule has 0 bridgehead atoms. The highest BCUT2D eigenvalue weighted by molar-refractivity contribution is 6.43. The number of aromatic amines is 1. The lowest BCUT2D eigenvalue weighted by atomic mass is 10.3. The van der Waals surface area contributed by atoms with Gasteiger partial charge in [-0.15, -0.1) is 0 Å². The zero-order valence-electron chi connectivity index (χ0n) is 11.6. The molecule has 118 valence electrons. The number of carbonyl (C=O) groups excluding carboxylic acids is 1. The second kappa shape index (κ2) is 6.06. The molecule has 8 heteroatoms. The van der Waals surface area contributed by atoms with E-state index in [-0.39, 0.29) is 11.6 Å². The van der Waals surface area contributed by atoms with Crippen molar-refractivity contribution in [2.75, 3.05) is 5.32 Å². The van der Waals surface area contributed by atoms with Gasteiger partial charge in [0.2, 0.25) is 5.91 Å². The van der Waals surface area contributed by atoms with Gasteiger partial charge in [-0.3, -0.25) is 9.36 Å². The third kappa shape index (κ3) is 3.09. The molecule has 1 aromatic heterocycles. The normalized spacial score (nSPS) is 10.9. The van der Waals surface area contributed by atoms with E-state index in [1.54, 1.807) is 18.2 Å². The summed E-state index contributed by atoms with van der Waals surface area (Å²) in [7, 11) is 0. The maximum absolute atomic E-state index is 13.2. The van der Waals surface area contributed by atoms with Crippen LogP contribution in [0.5, 0.6) is 0 Å². The molecule has 0 saturated carbocycles. The van der Waals surface area contributed by atoms with Crippen LogP contribution in [0.25, 0.3) is 11.0 Å². The fraction of sp³-hybridized carbons (Fsp3) is 0.0667. The van der Waals surface area contributed by atoms with Gasteiger partial charge in [0.15, 0.2) is 0 Å². The van der Waals surface area contributed by atoms with Gasteiger partial charge in [-0.25, -0.2) is 9.18 Å². The van der Waals surface area contributed by atoms with Crippen LogP contribution in [-0.2, 0) is 11.3 Å². The summed E-state index contributed by atoms with van der Waals surface area (Å²) in [5, 5.41) is 3.12. The predicted molar refractivity (Wildman–Crippen MR) is 87.6 cm³/mol. The van der Waals surface area contributed by atoms with Crippen molar-refractivity contribution in [1.82, 2.24) is 9.55 Å². The molecule has 0 unspecified atom stereocenters. The number of fused-ring (bicyclic) bond motifs is 1. The van der Waals surface area contributed by atoms with Gasteiger partial charge in [-0.1, -0.05) is 29.3 Å². The molecule has 0 saturated heterocycles. The highest BCUT2D eigenvalue weighted by Crippen LogP contribution is 2.29. The molecule has 3 rings (SSSR count). The predicted octanol–water partition coefficient (Wildman–Crippen LogP) is 3.41. The molecule has 0 fully saturated rings. The number of halogens is 3. The number of aromatic nitrogens is 2. The Bertz CT molecular complexity index is 965. The second-order valence-corrected chi connectivity index (χ2v) is 5.61. The van der Waals surface area contributed by atoms with Crippen molar-refractivity contribution in [3.63, 3.8) is 0 Å². The lowest BCUT2D eigenvalue weighted by molar-refractivity contribution is -0.116. The number of carbonyl (C=O) groups is 1. The zero-order chi connectivity index (χ0) is 16.6. The van der Waals surface area contributed by atoms with Crippen LogP contribution in [0.2, 0.25) is 10.0 Å². The van der Waals surface area contributed by atoms with E-state index in [9.17, 15) is 14.0 Å². The van der Waals surface area contributed by atoms with Gasteiger partial charge in [-0.2, -0.15) is 0 Å². The summed E-state index contributed by atoms with van der Waals surface area (Å²) in [6.07, 6.45) is 0. The minimum atomic E-state index is -0.502. The number of anilines is 1. The van der Waals surface area contributed by atoms with E-state index in [2.05, 4.69) is 10.3 Å². The maximum Gasteiger partial charge on any atom is 0.326 e. The summed E-state index contributed by atoms with van der Waals surface area (Å²) in [4.78, 5) is 26.6. The van der Waals surface area contributed by atoms with Gasteiger partial charge in [0, 0.05) is 0 Å². The van der Waals surface area contributed by atoms with Gasteiger partial charge in [-0.05, 0) is 30.3 Å². The average Bonchev–Trinajstić information content (AvgIpc) is 2.79. The number of amides is 1. The molecule has 0 aliphatic rings. The Kier molecular flexibility index (Phi) is 4.11. The number of hydrogen-bond donors (Lipinski definition) is 2. The van der Waals surface area contributed by atoms with Crippen molar-refractivity contribution < 1.29 is 9.18 Å². The first-order chi connectivity index (χ1) is 11.0. The van der Waals surface area contributed by atoms with Crippen molar-refractivity contribution in [3.8, 4) is 0 Å². The molecule has 0 aliphatic heterocycles. The maximum atomic E-state index is 13.2. The highest BCUT2D eigenvalue weighted by atomic mass is 35.5. The smallest absolute Gasteiger partial charge is 0.323 e. The van der Waals surface area contributed by atoms with Gasteiger partial charge in [0.25, 0.3) is 0 Å². The Morgan fingerprint density at radius 2 is 2.04 bits per heavy atom. The summed E-state index contributed by atoms with van der Waals surface area (Å²) in [5.41, 5.74) is 0.605. The Hall–Kier alpha value is -2.31. The van der Waals surface area contributed by atoms with Crippen LogP contribution in [0.1, 0.15) is 0 Å². The first-order valence-corrected chi connectivity index (χ1v) is 7.33. The molecule has 23 heavy (non-hydrogen) atoms. The van der Waals surface area contributed by atoms with Crippen molar-refractivity contribution in [2.45, 2.75) is 6.54 Å². The third-order valence-corrected chi connectivity index (χ3v) is 4.08. The van der Waals surface area contributed by atoms with Gasteiger partial charge >= 0.3 is 5.69 Å². The molecule has 1 amide bonds. The minimum absolute atomic E-state index is 0.218. The molecule has 2 aromatic carbocycles. The number of benzene rings is 2. The largest absolute Gasteiger partial charge is 0.326 e. The minimum Gasteiger partial charge on any atom is -0.323 e. The van der Waals surface area contributed by atoms with Crippen LogP contribution in [0.4, 0.5) is 10.1 Å². The molecule has 1 heterocycles. The number of hydrogen-bond acceptors (Lipinski definition) is 2. The van der Waals surface area contributed by atoms with E-state index in [0.29, 0.717) is 21.7 Å². The Morgan fingerprint density at radius 3 is 2.83 bits per heavy atom. The van der Waals surface area contributed by atoms with Crippen LogP contribution in [0.3, 0.4) is 0 Å². The lowest BCUT2D eigenvalue weighted by Gasteiger charge is -2.08. The molecule has 5 nitrogen and oxygen atoms in total. The Balaban J connectivity index is 1.87. The molecule has 3 aromatic rings. The van der Waals surface area contributed by atoms with Gasteiger partial charge in [0.1, 0.15) is 12.4 Å². The van der Waals surface area contributed by atoms with E-state index in [0.717, 1.165) is 0 Å². The standard InChI is InChI=1S/C15H10Cl2FN3O2/c16-9-2-1-3-10(14(9)17)19-13(22)7-21-12-5-4-8(18)6-11(12)20-15(21)23/h1-6H,7H2,(H,19,22)(H,20,23). The van der Waals surface area contributed by atoms with Gasteiger partial charge in [0.05, 0.1) is 26.8 Å². The molecule has 2 N–H and O–H groups in total. The fourth-order valence-electron chi connectivity index (χ4n) is 2.23. The van der Waals surface area contributed by atoms with Crippen LogP contribution in [-0.4, -0.2) is 15.5 Å². The van der Waals surface area contributed by atoms with E-state index in [4.69, 9.17) is 23.2 Å². The van der Waals surface area contributed by atoms with Gasteiger partial charge < -0.3 is 10.3 Å². The van der Waals surface area contributed by atoms with Crippen LogP contribution in [0, 0.1) is 5.82 Å². The number of nitrogens with one attached hydrogen (secondary N) is 2. The average molecular weight is 354 g/mol. The molecule has 0 aliphatic carbocycles. The molecule has 0 atom stereocenters. The van der Waals surface area contributed by atoms with Crippen LogP contribution < -0.4 is 11.0 Å². The second-order valence-electron chi connectivity index (χ2n) is 4.83. The van der Waals surface area contributed by atoms with Crippen molar-refractivity contribution >= 4 is 45.8 Å². The first-order valence-electron chi connectivity index (χ1n) is 6.57. The number of nitrogens with zero attached hydrogens (tertiary/aromatic N) is 1. The lowest BCUT2D eigenvalue weighted by Crippen LogP contribution is -2.25. The quantitative estimate of drug-likeness (QED) is 0.757. The number of imidazole rings is 1.